The molecule has 2 rings (SSSR count). The van der Waals surface area contributed by atoms with E-state index in [1.165, 1.54) is 12.1 Å². The highest BCUT2D eigenvalue weighted by molar-refractivity contribution is 6.63. The maximum atomic E-state index is 13.9. The Morgan fingerprint density at radius 1 is 1.30 bits per heavy atom. The number of rotatable bonds is 4. The van der Waals surface area contributed by atoms with Crippen molar-refractivity contribution >= 4 is 16.8 Å². The Balaban J connectivity index is 2.68. The van der Waals surface area contributed by atoms with Gasteiger partial charge in [-0.25, -0.2) is 4.39 Å². The van der Waals surface area contributed by atoms with Crippen LogP contribution in [0.25, 0.3) is 11.1 Å². The molecule has 2 nitrogen and oxygen atoms in total. The lowest BCUT2D eigenvalue weighted by atomic mass is 9.89. The zero-order chi connectivity index (χ0) is 14.7. The van der Waals surface area contributed by atoms with E-state index in [0.717, 1.165) is 16.7 Å². The number of halogens is 2. The molecule has 1 aromatic heterocycles. The molecule has 0 bridgehead atoms. The number of carbonyl (C=O) groups is 1. The van der Waals surface area contributed by atoms with Gasteiger partial charge < -0.3 is 0 Å². The monoisotopic (exact) mass is 291 g/mol. The van der Waals surface area contributed by atoms with Gasteiger partial charge in [0.15, 0.2) is 0 Å². The number of hydrogen-bond donors (Lipinski definition) is 0. The van der Waals surface area contributed by atoms with Crippen molar-refractivity contribution in [2.45, 2.75) is 26.2 Å². The van der Waals surface area contributed by atoms with Crippen LogP contribution >= 0.6 is 11.6 Å². The van der Waals surface area contributed by atoms with Crippen LogP contribution in [0.15, 0.2) is 36.7 Å². The smallest absolute Gasteiger partial charge is 0.226 e. The highest BCUT2D eigenvalue weighted by Crippen LogP contribution is 2.32. The average Bonchev–Trinajstić information content (AvgIpc) is 2.40. The van der Waals surface area contributed by atoms with Gasteiger partial charge in [-0.3, -0.25) is 9.78 Å². The van der Waals surface area contributed by atoms with Gasteiger partial charge in [0, 0.05) is 18.8 Å². The van der Waals surface area contributed by atoms with Crippen molar-refractivity contribution in [3.63, 3.8) is 0 Å². The molecule has 0 aliphatic heterocycles. The van der Waals surface area contributed by atoms with Crippen LogP contribution in [0, 0.1) is 5.82 Å². The quantitative estimate of drug-likeness (QED) is 0.785. The first kappa shape index (κ1) is 14.7. The number of benzene rings is 1. The Morgan fingerprint density at radius 2 is 1.95 bits per heavy atom. The molecular weight excluding hydrogens is 277 g/mol. The minimum absolute atomic E-state index is 0.0903. The first-order valence-electron chi connectivity index (χ1n) is 6.40. The van der Waals surface area contributed by atoms with Crippen molar-refractivity contribution in [1.29, 1.82) is 0 Å². The molecule has 0 radical (unpaired) electrons. The lowest BCUT2D eigenvalue weighted by Gasteiger charge is -2.17. The van der Waals surface area contributed by atoms with E-state index in [9.17, 15) is 9.18 Å². The fourth-order valence-corrected chi connectivity index (χ4v) is 2.43. The summed E-state index contributed by atoms with van der Waals surface area (Å²) in [6, 6.07) is 6.50. The van der Waals surface area contributed by atoms with Crippen molar-refractivity contribution in [2.75, 3.05) is 0 Å². The third-order valence-corrected chi connectivity index (χ3v) is 3.31. The van der Waals surface area contributed by atoms with E-state index < -0.39 is 5.24 Å². The summed E-state index contributed by atoms with van der Waals surface area (Å²) in [5.41, 5.74) is 3.12. The van der Waals surface area contributed by atoms with Crippen molar-refractivity contribution in [3.05, 3.63) is 53.6 Å². The molecule has 0 atom stereocenters. The van der Waals surface area contributed by atoms with E-state index in [4.69, 9.17) is 11.6 Å². The summed E-state index contributed by atoms with van der Waals surface area (Å²) in [6.07, 6.45) is 3.37. The number of carbonyl (C=O) groups excluding carboxylic acids is 1. The lowest BCUT2D eigenvalue weighted by Crippen LogP contribution is -2.05. The lowest BCUT2D eigenvalue weighted by molar-refractivity contribution is -0.111. The Labute approximate surface area is 122 Å². The van der Waals surface area contributed by atoms with Gasteiger partial charge in [-0.1, -0.05) is 13.8 Å². The Hall–Kier alpha value is -1.74. The third kappa shape index (κ3) is 3.23. The van der Waals surface area contributed by atoms with Crippen LogP contribution in [0.1, 0.15) is 30.9 Å². The molecule has 20 heavy (non-hydrogen) atoms. The summed E-state index contributed by atoms with van der Waals surface area (Å²) in [4.78, 5) is 15.3. The van der Waals surface area contributed by atoms with E-state index in [-0.39, 0.29) is 18.2 Å². The summed E-state index contributed by atoms with van der Waals surface area (Å²) in [7, 11) is 0. The average molecular weight is 292 g/mol. The SMILES string of the molecule is CC(C)c1cc(F)cc(-c2ccncc2)c1CC(=O)Cl. The predicted molar refractivity (Wildman–Crippen MR) is 78.3 cm³/mol. The van der Waals surface area contributed by atoms with Crippen LogP contribution in [-0.4, -0.2) is 10.2 Å². The molecule has 104 valence electrons. The Bertz CT molecular complexity index is 626. The van der Waals surface area contributed by atoms with Crippen LogP contribution in [0.2, 0.25) is 0 Å². The second-order valence-corrected chi connectivity index (χ2v) is 5.37. The van der Waals surface area contributed by atoms with Crippen molar-refractivity contribution in [3.8, 4) is 11.1 Å². The van der Waals surface area contributed by atoms with E-state index in [2.05, 4.69) is 4.98 Å². The summed E-state index contributed by atoms with van der Waals surface area (Å²) in [6.45, 7) is 3.93. The summed E-state index contributed by atoms with van der Waals surface area (Å²) < 4.78 is 13.9. The number of aromatic nitrogens is 1. The molecule has 0 aliphatic carbocycles. The van der Waals surface area contributed by atoms with E-state index in [1.807, 2.05) is 13.8 Å². The number of hydrogen-bond acceptors (Lipinski definition) is 2. The molecule has 0 aliphatic rings. The molecule has 4 heteroatoms. The maximum absolute atomic E-state index is 13.9. The molecule has 1 heterocycles. The standard InChI is InChI=1S/C16H15ClFNO/c1-10(2)13-7-12(18)8-14(15(13)9-16(17)20)11-3-5-19-6-4-11/h3-8,10H,9H2,1-2H3. The molecule has 2 aromatic rings. The van der Waals surface area contributed by atoms with Crippen molar-refractivity contribution in [1.82, 2.24) is 4.98 Å². The van der Waals surface area contributed by atoms with Crippen LogP contribution in [0.4, 0.5) is 4.39 Å². The summed E-state index contributed by atoms with van der Waals surface area (Å²) >= 11 is 5.54. The van der Waals surface area contributed by atoms with Gasteiger partial charge in [0.1, 0.15) is 5.82 Å². The van der Waals surface area contributed by atoms with Gasteiger partial charge in [-0.2, -0.15) is 0 Å². The predicted octanol–water partition coefficient (Wildman–Crippen LogP) is 4.32. The first-order chi connectivity index (χ1) is 9.49. The van der Waals surface area contributed by atoms with Crippen LogP contribution in [-0.2, 0) is 11.2 Å². The minimum atomic E-state index is -0.450. The highest BCUT2D eigenvalue weighted by atomic mass is 35.5. The van der Waals surface area contributed by atoms with Crippen molar-refractivity contribution < 1.29 is 9.18 Å². The summed E-state index contributed by atoms with van der Waals surface area (Å²) in [5.74, 6) is -0.205. The van der Waals surface area contributed by atoms with Crippen LogP contribution < -0.4 is 0 Å². The largest absolute Gasteiger partial charge is 0.281 e. The molecule has 0 amide bonds. The van der Waals surface area contributed by atoms with E-state index >= 15 is 0 Å². The third-order valence-electron chi connectivity index (χ3n) is 3.18. The number of pyridine rings is 1. The molecule has 1 aromatic carbocycles. The Kier molecular flexibility index (Phi) is 4.50. The van der Waals surface area contributed by atoms with E-state index in [1.54, 1.807) is 24.5 Å². The second-order valence-electron chi connectivity index (χ2n) is 4.94. The normalized spacial score (nSPS) is 10.8. The number of nitrogens with zero attached hydrogens (tertiary/aromatic N) is 1. The fraction of sp³-hybridized carbons (Fsp3) is 0.250. The second kappa shape index (κ2) is 6.14. The highest BCUT2D eigenvalue weighted by Gasteiger charge is 2.17. The molecule has 0 N–H and O–H groups in total. The Morgan fingerprint density at radius 3 is 2.50 bits per heavy atom. The van der Waals surface area contributed by atoms with Gasteiger partial charge in [0.2, 0.25) is 5.24 Å². The topological polar surface area (TPSA) is 30.0 Å². The molecule has 0 saturated heterocycles. The van der Waals surface area contributed by atoms with Gasteiger partial charge in [-0.05, 0) is 64.0 Å². The minimum Gasteiger partial charge on any atom is -0.281 e. The summed E-state index contributed by atoms with van der Waals surface area (Å²) in [5, 5.41) is -0.450. The zero-order valence-electron chi connectivity index (χ0n) is 11.4. The van der Waals surface area contributed by atoms with Gasteiger partial charge in [-0.15, -0.1) is 0 Å². The van der Waals surface area contributed by atoms with Crippen molar-refractivity contribution in [2.24, 2.45) is 0 Å². The van der Waals surface area contributed by atoms with E-state index in [0.29, 0.717) is 5.56 Å². The van der Waals surface area contributed by atoms with Crippen LogP contribution in [0.3, 0.4) is 0 Å². The fourth-order valence-electron chi connectivity index (χ4n) is 2.30. The van der Waals surface area contributed by atoms with Gasteiger partial charge in [0.05, 0.1) is 0 Å². The molecule has 0 saturated carbocycles. The maximum Gasteiger partial charge on any atom is 0.226 e. The van der Waals surface area contributed by atoms with Crippen LogP contribution in [0.5, 0.6) is 0 Å². The molecule has 0 spiro atoms. The molecular formula is C16H15ClFNO. The van der Waals surface area contributed by atoms with Gasteiger partial charge >= 0.3 is 0 Å². The van der Waals surface area contributed by atoms with Gasteiger partial charge in [0.25, 0.3) is 0 Å². The molecule has 0 fully saturated rings. The first-order valence-corrected chi connectivity index (χ1v) is 6.78. The zero-order valence-corrected chi connectivity index (χ0v) is 12.1. The molecule has 0 unspecified atom stereocenters.